The Morgan fingerprint density at radius 2 is 2.28 bits per heavy atom. The van der Waals surface area contributed by atoms with Crippen LogP contribution in [0, 0.1) is 0 Å². The molecule has 98 valence electrons. The van der Waals surface area contributed by atoms with Gasteiger partial charge in [-0.15, -0.1) is 0 Å². The second-order valence-corrected chi connectivity index (χ2v) is 4.92. The van der Waals surface area contributed by atoms with E-state index in [0.717, 1.165) is 24.5 Å². The lowest BCUT2D eigenvalue weighted by atomic mass is 10.1. The third kappa shape index (κ3) is 2.91. The number of likely N-dealkylation sites (N-methyl/N-ethyl adjacent to an activating group) is 1. The summed E-state index contributed by atoms with van der Waals surface area (Å²) in [6, 6.07) is 0.466. The molecule has 1 atom stereocenters. The van der Waals surface area contributed by atoms with Crippen LogP contribution in [0.2, 0.25) is 0 Å². The first-order chi connectivity index (χ1) is 8.72. The first-order valence-electron chi connectivity index (χ1n) is 6.11. The maximum atomic E-state index is 4.34. The van der Waals surface area contributed by atoms with E-state index in [4.69, 9.17) is 0 Å². The van der Waals surface area contributed by atoms with Gasteiger partial charge in [0.15, 0.2) is 0 Å². The van der Waals surface area contributed by atoms with Gasteiger partial charge in [0.1, 0.15) is 12.2 Å². The lowest BCUT2D eigenvalue weighted by Gasteiger charge is -2.16. The molecule has 0 aromatic carbocycles. The molecule has 0 aliphatic carbocycles. The second-order valence-electron chi connectivity index (χ2n) is 4.36. The number of nitrogens with one attached hydrogen (secondary N) is 1. The van der Waals surface area contributed by atoms with Crippen molar-refractivity contribution >= 4 is 11.7 Å². The van der Waals surface area contributed by atoms with Crippen LogP contribution in [-0.4, -0.2) is 30.1 Å². The minimum atomic E-state index is 0.149. The van der Waals surface area contributed by atoms with Crippen molar-refractivity contribution in [1.29, 1.82) is 0 Å². The van der Waals surface area contributed by atoms with Crippen molar-refractivity contribution < 1.29 is 0 Å². The average molecular weight is 266 g/mol. The van der Waals surface area contributed by atoms with Gasteiger partial charge < -0.3 is 5.32 Å². The summed E-state index contributed by atoms with van der Waals surface area (Å²) in [5, 5.41) is 7.67. The largest absolute Gasteiger partial charge is 0.308 e. The molecular weight excluding hydrogens is 248 g/mol. The van der Waals surface area contributed by atoms with Crippen molar-refractivity contribution in [2.45, 2.75) is 39.3 Å². The van der Waals surface area contributed by atoms with Gasteiger partial charge in [-0.3, -0.25) is 0 Å². The van der Waals surface area contributed by atoms with E-state index in [-0.39, 0.29) is 6.04 Å². The topological polar surface area (TPSA) is 68.5 Å². The summed E-state index contributed by atoms with van der Waals surface area (Å²) in [4.78, 5) is 4.34. The Balaban J connectivity index is 2.16. The Hall–Kier alpha value is -1.34. The third-order valence-electron chi connectivity index (χ3n) is 2.71. The number of hydrogen-bond donors (Lipinski definition) is 1. The zero-order valence-electron chi connectivity index (χ0n) is 10.9. The number of aromatic nitrogens is 5. The molecule has 0 amide bonds. The Morgan fingerprint density at radius 3 is 2.89 bits per heavy atom. The zero-order chi connectivity index (χ0) is 13.0. The maximum Gasteiger partial charge on any atom is 0.138 e. The Labute approximate surface area is 111 Å². The van der Waals surface area contributed by atoms with Gasteiger partial charge in [-0.2, -0.15) is 13.8 Å². The van der Waals surface area contributed by atoms with E-state index in [9.17, 15) is 0 Å². The molecule has 6 nitrogen and oxygen atoms in total. The second kappa shape index (κ2) is 6.01. The van der Waals surface area contributed by atoms with Crippen LogP contribution in [0.4, 0.5) is 0 Å². The van der Waals surface area contributed by atoms with E-state index < -0.39 is 0 Å². The summed E-state index contributed by atoms with van der Waals surface area (Å²) in [5.41, 5.74) is 0.972. The SMILES string of the molecule is CCNC(Cc1ncnn1C(C)C)c1cnsn1. The molecule has 1 unspecified atom stereocenters. The minimum absolute atomic E-state index is 0.149. The van der Waals surface area contributed by atoms with Crippen LogP contribution in [-0.2, 0) is 6.42 Å². The summed E-state index contributed by atoms with van der Waals surface area (Å²) in [7, 11) is 0. The molecule has 0 fully saturated rings. The van der Waals surface area contributed by atoms with Crippen molar-refractivity contribution in [3.8, 4) is 0 Å². The predicted octanol–water partition coefficient (Wildman–Crippen LogP) is 1.60. The molecule has 0 saturated heterocycles. The summed E-state index contributed by atoms with van der Waals surface area (Å²) in [5.74, 6) is 0.976. The summed E-state index contributed by atoms with van der Waals surface area (Å²) >= 11 is 1.23. The standard InChI is InChI=1S/C11H18N6S/c1-4-12-9(10-6-15-18-16-10)5-11-13-7-14-17(11)8(2)3/h6-9,12H,4-5H2,1-3H3. The molecule has 1 N–H and O–H groups in total. The maximum absolute atomic E-state index is 4.34. The lowest BCUT2D eigenvalue weighted by Crippen LogP contribution is -2.25. The molecule has 2 aromatic heterocycles. The fraction of sp³-hybridized carbons (Fsp3) is 0.636. The number of nitrogens with zero attached hydrogens (tertiary/aromatic N) is 5. The highest BCUT2D eigenvalue weighted by Crippen LogP contribution is 2.17. The van der Waals surface area contributed by atoms with Crippen LogP contribution >= 0.6 is 11.7 Å². The van der Waals surface area contributed by atoms with Crippen LogP contribution in [0.3, 0.4) is 0 Å². The van der Waals surface area contributed by atoms with E-state index >= 15 is 0 Å². The Kier molecular flexibility index (Phi) is 4.38. The summed E-state index contributed by atoms with van der Waals surface area (Å²) in [6.45, 7) is 7.17. The average Bonchev–Trinajstić information content (AvgIpc) is 2.99. The van der Waals surface area contributed by atoms with E-state index in [1.54, 1.807) is 6.33 Å². The highest BCUT2D eigenvalue weighted by molar-refractivity contribution is 6.99. The molecule has 2 rings (SSSR count). The fourth-order valence-corrected chi connectivity index (χ4v) is 2.36. The molecule has 7 heteroatoms. The number of rotatable bonds is 6. The van der Waals surface area contributed by atoms with Crippen LogP contribution in [0.15, 0.2) is 12.5 Å². The van der Waals surface area contributed by atoms with E-state index in [0.29, 0.717) is 6.04 Å². The minimum Gasteiger partial charge on any atom is -0.308 e. The summed E-state index contributed by atoms with van der Waals surface area (Å²) < 4.78 is 10.3. The fourth-order valence-electron chi connectivity index (χ4n) is 1.89. The van der Waals surface area contributed by atoms with Gasteiger partial charge in [0, 0.05) is 12.5 Å². The first kappa shape index (κ1) is 13.1. The van der Waals surface area contributed by atoms with Crippen molar-refractivity contribution in [3.63, 3.8) is 0 Å². The lowest BCUT2D eigenvalue weighted by molar-refractivity contribution is 0.465. The smallest absolute Gasteiger partial charge is 0.138 e. The highest BCUT2D eigenvalue weighted by Gasteiger charge is 2.18. The zero-order valence-corrected chi connectivity index (χ0v) is 11.7. The van der Waals surface area contributed by atoms with E-state index in [2.05, 4.69) is 44.9 Å². The first-order valence-corrected chi connectivity index (χ1v) is 6.84. The molecule has 2 aromatic rings. The molecule has 0 radical (unpaired) electrons. The van der Waals surface area contributed by atoms with Crippen LogP contribution in [0.1, 0.15) is 44.4 Å². The monoisotopic (exact) mass is 266 g/mol. The van der Waals surface area contributed by atoms with Gasteiger partial charge in [-0.05, 0) is 20.4 Å². The van der Waals surface area contributed by atoms with Gasteiger partial charge in [0.05, 0.1) is 29.7 Å². The van der Waals surface area contributed by atoms with E-state index in [1.807, 2.05) is 10.9 Å². The van der Waals surface area contributed by atoms with Crippen molar-refractivity contribution in [3.05, 3.63) is 24.0 Å². The van der Waals surface area contributed by atoms with E-state index in [1.165, 1.54) is 11.7 Å². The van der Waals surface area contributed by atoms with Gasteiger partial charge in [0.2, 0.25) is 0 Å². The van der Waals surface area contributed by atoms with Crippen molar-refractivity contribution in [1.82, 2.24) is 28.8 Å². The Morgan fingerprint density at radius 1 is 1.44 bits per heavy atom. The molecular formula is C11H18N6S. The molecule has 0 saturated carbocycles. The van der Waals surface area contributed by atoms with Gasteiger partial charge in [-0.1, -0.05) is 6.92 Å². The molecule has 0 bridgehead atoms. The predicted molar refractivity (Wildman–Crippen MR) is 70.4 cm³/mol. The van der Waals surface area contributed by atoms with Gasteiger partial charge >= 0.3 is 0 Å². The summed E-state index contributed by atoms with van der Waals surface area (Å²) in [6.07, 6.45) is 4.20. The van der Waals surface area contributed by atoms with Crippen molar-refractivity contribution in [2.75, 3.05) is 6.54 Å². The molecule has 2 heterocycles. The number of hydrogen-bond acceptors (Lipinski definition) is 6. The third-order valence-corrected chi connectivity index (χ3v) is 3.20. The van der Waals surface area contributed by atoms with Gasteiger partial charge in [-0.25, -0.2) is 9.67 Å². The molecule has 0 spiro atoms. The normalized spacial score (nSPS) is 13.1. The van der Waals surface area contributed by atoms with Crippen LogP contribution < -0.4 is 5.32 Å². The Bertz CT molecular complexity index is 464. The van der Waals surface area contributed by atoms with Gasteiger partial charge in [0.25, 0.3) is 0 Å². The molecule has 18 heavy (non-hydrogen) atoms. The quantitative estimate of drug-likeness (QED) is 0.860. The van der Waals surface area contributed by atoms with Crippen LogP contribution in [0.5, 0.6) is 0 Å². The molecule has 0 aliphatic heterocycles. The molecule has 0 aliphatic rings. The van der Waals surface area contributed by atoms with Crippen LogP contribution in [0.25, 0.3) is 0 Å². The van der Waals surface area contributed by atoms with Crippen molar-refractivity contribution in [2.24, 2.45) is 0 Å². The highest BCUT2D eigenvalue weighted by atomic mass is 32.1.